The molecule has 0 radical (unpaired) electrons. The van der Waals surface area contributed by atoms with Gasteiger partial charge in [-0.1, -0.05) is 6.07 Å². The van der Waals surface area contributed by atoms with Gasteiger partial charge < -0.3 is 14.5 Å². The second kappa shape index (κ2) is 6.56. The average molecular weight is 289 g/mol. The van der Waals surface area contributed by atoms with E-state index in [1.807, 2.05) is 0 Å². The molecule has 1 aliphatic heterocycles. The summed E-state index contributed by atoms with van der Waals surface area (Å²) in [7, 11) is 2.11. The normalized spacial score (nSPS) is 19.5. The van der Waals surface area contributed by atoms with Crippen molar-refractivity contribution in [1.29, 1.82) is 0 Å². The van der Waals surface area contributed by atoms with Crippen LogP contribution in [-0.2, 0) is 16.0 Å². The zero-order valence-corrected chi connectivity index (χ0v) is 12.8. The van der Waals surface area contributed by atoms with E-state index in [1.165, 1.54) is 5.56 Å². The number of benzene rings is 1. The molecule has 1 unspecified atom stereocenters. The summed E-state index contributed by atoms with van der Waals surface area (Å²) in [6.45, 7) is 6.06. The maximum atomic E-state index is 5.66. The van der Waals surface area contributed by atoms with E-state index >= 15 is 0 Å². The second-order valence-corrected chi connectivity index (χ2v) is 5.80. The number of nitrogens with one attached hydrogen (secondary N) is 1. The van der Waals surface area contributed by atoms with Crippen LogP contribution in [0.2, 0.25) is 0 Å². The third-order valence-corrected chi connectivity index (χ3v) is 3.82. The van der Waals surface area contributed by atoms with E-state index in [9.17, 15) is 0 Å². The first-order valence-corrected chi connectivity index (χ1v) is 7.54. The molecule has 1 N–H and O–H groups in total. The van der Waals surface area contributed by atoms with Gasteiger partial charge in [0.1, 0.15) is 5.82 Å². The molecular weight excluding hydrogens is 266 g/mol. The number of nitrogens with zero attached hydrogens (tertiary/aromatic N) is 2. The molecule has 0 amide bonds. The summed E-state index contributed by atoms with van der Waals surface area (Å²) in [4.78, 5) is 10.3. The zero-order chi connectivity index (χ0) is 14.7. The van der Waals surface area contributed by atoms with E-state index in [2.05, 4.69) is 47.0 Å². The monoisotopic (exact) mass is 289 g/mol. The first kappa shape index (κ1) is 14.5. The summed E-state index contributed by atoms with van der Waals surface area (Å²) in [5.74, 6) is 1.01. The van der Waals surface area contributed by atoms with Crippen LogP contribution in [0.4, 0.5) is 0 Å². The lowest BCUT2D eigenvalue weighted by molar-refractivity contribution is -0.0924. The summed E-state index contributed by atoms with van der Waals surface area (Å²) < 4.78 is 11.1. The van der Waals surface area contributed by atoms with Crippen molar-refractivity contribution in [3.8, 4) is 0 Å². The van der Waals surface area contributed by atoms with Crippen LogP contribution < -0.4 is 0 Å². The van der Waals surface area contributed by atoms with Crippen molar-refractivity contribution in [3.63, 3.8) is 0 Å². The highest BCUT2D eigenvalue weighted by Crippen LogP contribution is 2.14. The lowest BCUT2D eigenvalue weighted by atomic mass is 10.2. The van der Waals surface area contributed by atoms with E-state index in [1.54, 1.807) is 0 Å². The number of aromatic nitrogens is 2. The SMILES string of the molecule is Cc1ccc2nc(CN(C)CCC3COCCO3)[nH]c2c1. The third kappa shape index (κ3) is 3.81. The fourth-order valence-corrected chi connectivity index (χ4v) is 2.65. The van der Waals surface area contributed by atoms with Crippen LogP contribution in [0.25, 0.3) is 11.0 Å². The van der Waals surface area contributed by atoms with Gasteiger partial charge in [-0.25, -0.2) is 4.98 Å². The van der Waals surface area contributed by atoms with Gasteiger partial charge in [-0.05, 0) is 38.1 Å². The molecule has 5 nitrogen and oxygen atoms in total. The number of rotatable bonds is 5. The third-order valence-electron chi connectivity index (χ3n) is 3.82. The fraction of sp³-hybridized carbons (Fsp3) is 0.562. The van der Waals surface area contributed by atoms with Crippen molar-refractivity contribution in [2.75, 3.05) is 33.4 Å². The Morgan fingerprint density at radius 1 is 1.38 bits per heavy atom. The van der Waals surface area contributed by atoms with E-state index < -0.39 is 0 Å². The van der Waals surface area contributed by atoms with Gasteiger partial charge >= 0.3 is 0 Å². The number of hydrogen-bond donors (Lipinski definition) is 1. The molecule has 3 rings (SSSR count). The molecule has 0 aliphatic carbocycles. The molecule has 1 aromatic heterocycles. The van der Waals surface area contributed by atoms with E-state index in [0.717, 1.165) is 56.2 Å². The van der Waals surface area contributed by atoms with Crippen molar-refractivity contribution >= 4 is 11.0 Å². The molecule has 114 valence electrons. The smallest absolute Gasteiger partial charge is 0.121 e. The highest BCUT2D eigenvalue weighted by Gasteiger charge is 2.15. The van der Waals surface area contributed by atoms with Crippen LogP contribution >= 0.6 is 0 Å². The predicted octanol–water partition coefficient (Wildman–Crippen LogP) is 2.11. The lowest BCUT2D eigenvalue weighted by Gasteiger charge is -2.25. The molecule has 2 aromatic rings. The summed E-state index contributed by atoms with van der Waals surface area (Å²) in [5, 5.41) is 0. The Balaban J connectivity index is 1.54. The van der Waals surface area contributed by atoms with Gasteiger partial charge in [0, 0.05) is 6.54 Å². The van der Waals surface area contributed by atoms with E-state index in [0.29, 0.717) is 0 Å². The highest BCUT2D eigenvalue weighted by molar-refractivity contribution is 5.75. The van der Waals surface area contributed by atoms with E-state index in [4.69, 9.17) is 9.47 Å². The molecular formula is C16H23N3O2. The molecule has 1 aromatic carbocycles. The van der Waals surface area contributed by atoms with Crippen molar-refractivity contribution in [1.82, 2.24) is 14.9 Å². The van der Waals surface area contributed by atoms with Gasteiger partial charge in [0.15, 0.2) is 0 Å². The molecule has 21 heavy (non-hydrogen) atoms. The van der Waals surface area contributed by atoms with Crippen molar-refractivity contribution in [3.05, 3.63) is 29.6 Å². The minimum Gasteiger partial charge on any atom is -0.376 e. The number of imidazole rings is 1. The van der Waals surface area contributed by atoms with Crippen molar-refractivity contribution < 1.29 is 9.47 Å². The molecule has 1 aliphatic rings. The van der Waals surface area contributed by atoms with E-state index in [-0.39, 0.29) is 6.10 Å². The van der Waals surface area contributed by atoms with Crippen LogP contribution in [0, 0.1) is 6.92 Å². The number of aryl methyl sites for hydroxylation is 1. The topological polar surface area (TPSA) is 50.4 Å². The maximum Gasteiger partial charge on any atom is 0.121 e. The fourth-order valence-electron chi connectivity index (χ4n) is 2.65. The predicted molar refractivity (Wildman–Crippen MR) is 82.3 cm³/mol. The van der Waals surface area contributed by atoms with Gasteiger partial charge in [0.2, 0.25) is 0 Å². The molecule has 0 saturated carbocycles. The van der Waals surface area contributed by atoms with Gasteiger partial charge in [0.05, 0.1) is 43.5 Å². The lowest BCUT2D eigenvalue weighted by Crippen LogP contribution is -2.32. The number of hydrogen-bond acceptors (Lipinski definition) is 4. The minimum atomic E-state index is 0.236. The molecule has 1 fully saturated rings. The molecule has 1 atom stereocenters. The molecule has 2 heterocycles. The number of ether oxygens (including phenoxy) is 2. The Morgan fingerprint density at radius 2 is 2.29 bits per heavy atom. The number of aromatic amines is 1. The standard InChI is InChI=1S/C16H23N3O2/c1-12-3-4-14-15(9-12)18-16(17-14)10-19(2)6-5-13-11-20-7-8-21-13/h3-4,9,13H,5-8,10-11H2,1-2H3,(H,17,18). The summed E-state index contributed by atoms with van der Waals surface area (Å²) in [6, 6.07) is 6.30. The number of fused-ring (bicyclic) bond motifs is 1. The van der Waals surface area contributed by atoms with Gasteiger partial charge in [-0.2, -0.15) is 0 Å². The summed E-state index contributed by atoms with van der Waals surface area (Å²) >= 11 is 0. The molecule has 0 spiro atoms. The van der Waals surface area contributed by atoms with Crippen LogP contribution in [0.3, 0.4) is 0 Å². The Kier molecular flexibility index (Phi) is 4.53. The Labute approximate surface area is 125 Å². The summed E-state index contributed by atoms with van der Waals surface area (Å²) in [5.41, 5.74) is 3.40. The molecule has 5 heteroatoms. The van der Waals surface area contributed by atoms with Crippen molar-refractivity contribution in [2.24, 2.45) is 0 Å². The largest absolute Gasteiger partial charge is 0.376 e. The molecule has 1 saturated heterocycles. The first-order chi connectivity index (χ1) is 10.2. The average Bonchev–Trinajstić information content (AvgIpc) is 2.87. The Hall–Kier alpha value is -1.43. The molecule has 0 bridgehead atoms. The number of H-pyrrole nitrogens is 1. The van der Waals surface area contributed by atoms with Gasteiger partial charge in [-0.15, -0.1) is 0 Å². The minimum absolute atomic E-state index is 0.236. The highest BCUT2D eigenvalue weighted by atomic mass is 16.6. The summed E-state index contributed by atoms with van der Waals surface area (Å²) in [6.07, 6.45) is 1.23. The van der Waals surface area contributed by atoms with Crippen LogP contribution in [-0.4, -0.2) is 54.4 Å². The van der Waals surface area contributed by atoms with Crippen molar-refractivity contribution in [2.45, 2.75) is 26.0 Å². The second-order valence-electron chi connectivity index (χ2n) is 5.80. The Morgan fingerprint density at radius 3 is 3.10 bits per heavy atom. The first-order valence-electron chi connectivity index (χ1n) is 7.54. The zero-order valence-electron chi connectivity index (χ0n) is 12.8. The van der Waals surface area contributed by atoms with Crippen LogP contribution in [0.5, 0.6) is 0 Å². The maximum absolute atomic E-state index is 5.66. The Bertz CT molecular complexity index is 590. The quantitative estimate of drug-likeness (QED) is 0.916. The van der Waals surface area contributed by atoms with Crippen LogP contribution in [0.15, 0.2) is 18.2 Å². The van der Waals surface area contributed by atoms with Gasteiger partial charge in [-0.3, -0.25) is 4.90 Å². The van der Waals surface area contributed by atoms with Gasteiger partial charge in [0.25, 0.3) is 0 Å². The van der Waals surface area contributed by atoms with Crippen LogP contribution in [0.1, 0.15) is 17.8 Å².